The molecule has 138 valence electrons. The van der Waals surface area contributed by atoms with E-state index in [0.29, 0.717) is 5.41 Å². The predicted molar refractivity (Wildman–Crippen MR) is 98.5 cm³/mol. The Hall–Kier alpha value is -1.98. The summed E-state index contributed by atoms with van der Waals surface area (Å²) in [5, 5.41) is 3.45. The van der Waals surface area contributed by atoms with Crippen molar-refractivity contribution < 1.29 is 9.21 Å². The molecule has 1 aliphatic carbocycles. The number of amides is 1. The number of likely N-dealkylation sites (N-methyl/N-ethyl adjacent to an activating group) is 1. The molecule has 6 heteroatoms. The number of aliphatic imine (C=N–C) groups is 1. The van der Waals surface area contributed by atoms with Crippen LogP contribution in [0.3, 0.4) is 0 Å². The lowest BCUT2D eigenvalue weighted by Gasteiger charge is -2.26. The molecule has 1 spiro atoms. The van der Waals surface area contributed by atoms with Crippen LogP contribution in [0.15, 0.2) is 27.8 Å². The number of carbonyl (C=O) groups excluding carboxylic acids is 1. The first-order valence-electron chi connectivity index (χ1n) is 9.34. The summed E-state index contributed by atoms with van der Waals surface area (Å²) in [6, 6.07) is 3.89. The summed E-state index contributed by atoms with van der Waals surface area (Å²) >= 11 is 0. The lowest BCUT2D eigenvalue weighted by molar-refractivity contribution is -0.127. The van der Waals surface area contributed by atoms with Crippen LogP contribution in [-0.2, 0) is 11.2 Å². The minimum absolute atomic E-state index is 0.0279. The van der Waals surface area contributed by atoms with Gasteiger partial charge in [-0.1, -0.05) is 12.8 Å². The zero-order valence-electron chi connectivity index (χ0n) is 15.5. The normalized spacial score (nSPS) is 19.6. The molecule has 0 atom stereocenters. The van der Waals surface area contributed by atoms with Gasteiger partial charge in [-0.05, 0) is 36.8 Å². The van der Waals surface area contributed by atoms with E-state index in [-0.39, 0.29) is 12.5 Å². The molecule has 0 unspecified atom stereocenters. The van der Waals surface area contributed by atoms with Crippen molar-refractivity contribution in [1.29, 1.82) is 0 Å². The highest BCUT2D eigenvalue weighted by molar-refractivity contribution is 5.85. The molecule has 1 aromatic heterocycles. The lowest BCUT2D eigenvalue weighted by atomic mass is 9.86. The maximum absolute atomic E-state index is 11.9. The number of nitrogens with one attached hydrogen (secondary N) is 1. The van der Waals surface area contributed by atoms with Crippen molar-refractivity contribution in [2.75, 3.05) is 40.3 Å². The molecule has 1 aromatic rings. The van der Waals surface area contributed by atoms with E-state index in [1.165, 1.54) is 32.1 Å². The summed E-state index contributed by atoms with van der Waals surface area (Å²) in [6.07, 6.45) is 9.13. The fourth-order valence-electron chi connectivity index (χ4n) is 3.95. The van der Waals surface area contributed by atoms with Crippen LogP contribution in [-0.4, -0.2) is 61.9 Å². The Bertz CT molecular complexity index is 589. The highest BCUT2D eigenvalue weighted by Crippen LogP contribution is 2.45. The molecule has 1 N–H and O–H groups in total. The number of likely N-dealkylation sites (tertiary alicyclic amines) is 1. The van der Waals surface area contributed by atoms with Gasteiger partial charge in [-0.2, -0.15) is 0 Å². The van der Waals surface area contributed by atoms with Crippen molar-refractivity contribution in [3.63, 3.8) is 0 Å². The number of guanidine groups is 1. The van der Waals surface area contributed by atoms with Gasteiger partial charge in [0.25, 0.3) is 0 Å². The summed E-state index contributed by atoms with van der Waals surface area (Å²) in [5.41, 5.74) is 0.481. The van der Waals surface area contributed by atoms with Gasteiger partial charge in [-0.25, -0.2) is 4.99 Å². The Morgan fingerprint density at radius 3 is 2.84 bits per heavy atom. The van der Waals surface area contributed by atoms with Gasteiger partial charge < -0.3 is 19.5 Å². The zero-order valence-corrected chi connectivity index (χ0v) is 15.5. The van der Waals surface area contributed by atoms with Gasteiger partial charge in [0.05, 0.1) is 6.26 Å². The summed E-state index contributed by atoms with van der Waals surface area (Å²) in [7, 11) is 3.54. The van der Waals surface area contributed by atoms with Gasteiger partial charge in [0.15, 0.2) is 5.96 Å². The Morgan fingerprint density at radius 1 is 1.36 bits per heavy atom. The molecular weight excluding hydrogens is 316 g/mol. The second kappa shape index (κ2) is 7.93. The van der Waals surface area contributed by atoms with Gasteiger partial charge in [-0.3, -0.25) is 4.79 Å². The molecule has 0 radical (unpaired) electrons. The van der Waals surface area contributed by atoms with Crippen molar-refractivity contribution in [3.8, 4) is 0 Å². The second-order valence-corrected chi connectivity index (χ2v) is 7.56. The van der Waals surface area contributed by atoms with Crippen LogP contribution in [0.4, 0.5) is 0 Å². The largest absolute Gasteiger partial charge is 0.469 e. The monoisotopic (exact) mass is 346 g/mol. The van der Waals surface area contributed by atoms with Crippen molar-refractivity contribution in [1.82, 2.24) is 15.1 Å². The first-order valence-corrected chi connectivity index (χ1v) is 9.34. The summed E-state index contributed by atoms with van der Waals surface area (Å²) < 4.78 is 5.39. The number of rotatable bonds is 5. The van der Waals surface area contributed by atoms with Gasteiger partial charge in [0.1, 0.15) is 12.3 Å². The fraction of sp³-hybridized carbons (Fsp3) is 0.684. The van der Waals surface area contributed by atoms with Crippen molar-refractivity contribution in [3.05, 3.63) is 24.2 Å². The van der Waals surface area contributed by atoms with Gasteiger partial charge in [0, 0.05) is 40.2 Å². The highest BCUT2D eigenvalue weighted by Gasteiger charge is 2.41. The number of hydrogen-bond donors (Lipinski definition) is 1. The topological polar surface area (TPSA) is 61.1 Å². The summed E-state index contributed by atoms with van der Waals surface area (Å²) in [4.78, 5) is 20.5. The van der Waals surface area contributed by atoms with Gasteiger partial charge in [-0.15, -0.1) is 0 Å². The number of hydrogen-bond acceptors (Lipinski definition) is 3. The molecule has 3 rings (SSSR count). The van der Waals surface area contributed by atoms with E-state index in [9.17, 15) is 4.79 Å². The average molecular weight is 346 g/mol. The van der Waals surface area contributed by atoms with Crippen molar-refractivity contribution >= 4 is 11.9 Å². The quantitative estimate of drug-likeness (QED) is 0.655. The zero-order chi connectivity index (χ0) is 17.7. The minimum atomic E-state index is 0.0279. The number of carbonyl (C=O) groups is 1. The molecule has 1 amide bonds. The number of furan rings is 1. The molecule has 2 fully saturated rings. The van der Waals surface area contributed by atoms with Crippen LogP contribution >= 0.6 is 0 Å². The smallest absolute Gasteiger partial charge is 0.243 e. The maximum Gasteiger partial charge on any atom is 0.243 e. The molecule has 2 aliphatic rings. The van der Waals surface area contributed by atoms with E-state index < -0.39 is 0 Å². The molecule has 0 bridgehead atoms. The van der Waals surface area contributed by atoms with E-state index in [4.69, 9.17) is 4.42 Å². The molecule has 2 heterocycles. The van der Waals surface area contributed by atoms with Crippen LogP contribution in [0, 0.1) is 5.41 Å². The molecule has 25 heavy (non-hydrogen) atoms. The first kappa shape index (κ1) is 17.8. The Balaban J connectivity index is 1.61. The second-order valence-electron chi connectivity index (χ2n) is 7.56. The maximum atomic E-state index is 11.9. The predicted octanol–water partition coefficient (Wildman–Crippen LogP) is 2.12. The molecule has 0 aromatic carbocycles. The Labute approximate surface area is 150 Å². The summed E-state index contributed by atoms with van der Waals surface area (Å²) in [6.45, 7) is 3.05. The van der Waals surface area contributed by atoms with E-state index in [2.05, 4.69) is 15.2 Å². The first-order chi connectivity index (χ1) is 12.1. The average Bonchev–Trinajstić information content (AvgIpc) is 3.34. The fourth-order valence-corrected chi connectivity index (χ4v) is 3.95. The van der Waals surface area contributed by atoms with E-state index in [0.717, 1.165) is 37.8 Å². The van der Waals surface area contributed by atoms with Crippen molar-refractivity contribution in [2.24, 2.45) is 10.4 Å². The highest BCUT2D eigenvalue weighted by atomic mass is 16.3. The molecule has 1 saturated heterocycles. The van der Waals surface area contributed by atoms with Crippen LogP contribution in [0.25, 0.3) is 0 Å². The molecule has 6 nitrogen and oxygen atoms in total. The standard InChI is InChI=1S/C19H30N4O2/c1-22(2)17(24)14-21-18(20-11-7-16-6-5-13-25-16)23-12-10-19(15-23)8-3-4-9-19/h5-6,13H,3-4,7-12,14-15H2,1-2H3,(H,20,21). The van der Waals surface area contributed by atoms with Crippen molar-refractivity contribution in [2.45, 2.75) is 38.5 Å². The van der Waals surface area contributed by atoms with Gasteiger partial charge >= 0.3 is 0 Å². The minimum Gasteiger partial charge on any atom is -0.469 e. The SMILES string of the molecule is CN(C)C(=O)CN=C(NCCc1ccco1)N1CCC2(CCCC2)C1. The third kappa shape index (κ3) is 4.55. The Kier molecular flexibility index (Phi) is 5.66. The number of nitrogens with zero attached hydrogens (tertiary/aromatic N) is 3. The van der Waals surface area contributed by atoms with Crippen LogP contribution < -0.4 is 5.32 Å². The molecule has 1 saturated carbocycles. The molecule has 1 aliphatic heterocycles. The lowest BCUT2D eigenvalue weighted by Crippen LogP contribution is -2.42. The third-order valence-electron chi connectivity index (χ3n) is 5.50. The van der Waals surface area contributed by atoms with E-state index >= 15 is 0 Å². The summed E-state index contributed by atoms with van der Waals surface area (Å²) in [5.74, 6) is 1.86. The third-order valence-corrected chi connectivity index (χ3v) is 5.50. The van der Waals surface area contributed by atoms with E-state index in [1.807, 2.05) is 12.1 Å². The van der Waals surface area contributed by atoms with Crippen LogP contribution in [0.5, 0.6) is 0 Å². The van der Waals surface area contributed by atoms with Crippen LogP contribution in [0.2, 0.25) is 0 Å². The molecular formula is C19H30N4O2. The van der Waals surface area contributed by atoms with E-state index in [1.54, 1.807) is 25.3 Å². The van der Waals surface area contributed by atoms with Gasteiger partial charge in [0.2, 0.25) is 5.91 Å². The Morgan fingerprint density at radius 2 is 2.16 bits per heavy atom. The van der Waals surface area contributed by atoms with Crippen LogP contribution in [0.1, 0.15) is 37.9 Å².